The van der Waals surface area contributed by atoms with Gasteiger partial charge in [-0.2, -0.15) is 0 Å². The van der Waals surface area contributed by atoms with Crippen LogP contribution in [-0.2, 0) is 4.79 Å². The van der Waals surface area contributed by atoms with E-state index in [0.29, 0.717) is 19.0 Å². The van der Waals surface area contributed by atoms with Gasteiger partial charge in [-0.05, 0) is 25.2 Å². The molecule has 6 heteroatoms. The number of aliphatic imine (C=N–C) groups is 1. The molecule has 0 unspecified atom stereocenters. The number of carbonyl (C=O) groups is 1. The van der Waals surface area contributed by atoms with Gasteiger partial charge in [0.05, 0.1) is 0 Å². The van der Waals surface area contributed by atoms with E-state index in [1.807, 2.05) is 0 Å². The average Bonchev–Trinajstić information content (AvgIpc) is 2.50. The van der Waals surface area contributed by atoms with E-state index in [2.05, 4.69) is 34.8 Å². The summed E-state index contributed by atoms with van der Waals surface area (Å²) >= 11 is 0. The number of hydrogen-bond donors (Lipinski definition) is 3. The number of nitrogens with zero attached hydrogens (tertiary/aromatic N) is 1. The summed E-state index contributed by atoms with van der Waals surface area (Å²) in [5.74, 6) is 1.95. The molecule has 130 valence electrons. The molecule has 0 aromatic carbocycles. The van der Waals surface area contributed by atoms with E-state index >= 15 is 0 Å². The van der Waals surface area contributed by atoms with Crippen LogP contribution >= 0.6 is 24.0 Å². The third-order valence-electron chi connectivity index (χ3n) is 3.93. The molecule has 1 aliphatic rings. The Kier molecular flexibility index (Phi) is 12.6. The van der Waals surface area contributed by atoms with Crippen molar-refractivity contribution < 1.29 is 4.79 Å². The molecule has 0 bridgehead atoms. The number of carbonyl (C=O) groups excluding carboxylic acids is 1. The van der Waals surface area contributed by atoms with Crippen molar-refractivity contribution in [3.05, 3.63) is 0 Å². The van der Waals surface area contributed by atoms with Crippen LogP contribution in [0.1, 0.15) is 52.4 Å². The van der Waals surface area contributed by atoms with Gasteiger partial charge in [0.15, 0.2) is 5.96 Å². The summed E-state index contributed by atoms with van der Waals surface area (Å²) in [5.41, 5.74) is 0. The van der Waals surface area contributed by atoms with Crippen molar-refractivity contribution in [1.82, 2.24) is 16.0 Å². The van der Waals surface area contributed by atoms with E-state index in [1.54, 1.807) is 7.05 Å². The van der Waals surface area contributed by atoms with Gasteiger partial charge < -0.3 is 16.0 Å². The maximum absolute atomic E-state index is 12.0. The van der Waals surface area contributed by atoms with E-state index in [-0.39, 0.29) is 35.8 Å². The standard InChI is InChI=1S/C16H32N4O.HI/c1-13(2)9-10-19-16(17-3)20-12-11-18-15(21)14-7-5-4-6-8-14;/h13-14H,4-12H2,1-3H3,(H,18,21)(H2,17,19,20);1H. The van der Waals surface area contributed by atoms with E-state index in [1.165, 1.54) is 19.3 Å². The second-order valence-electron chi connectivity index (χ2n) is 6.23. The van der Waals surface area contributed by atoms with Gasteiger partial charge in [-0.15, -0.1) is 24.0 Å². The summed E-state index contributed by atoms with van der Waals surface area (Å²) in [6, 6.07) is 0. The monoisotopic (exact) mass is 424 g/mol. The Morgan fingerprint density at radius 1 is 1.05 bits per heavy atom. The highest BCUT2D eigenvalue weighted by Gasteiger charge is 2.20. The van der Waals surface area contributed by atoms with Crippen LogP contribution < -0.4 is 16.0 Å². The molecule has 0 heterocycles. The fourth-order valence-electron chi connectivity index (χ4n) is 2.58. The second kappa shape index (κ2) is 13.0. The Hall–Kier alpha value is -0.530. The quantitative estimate of drug-likeness (QED) is 0.255. The Labute approximate surface area is 152 Å². The molecule has 1 amide bonds. The van der Waals surface area contributed by atoms with Crippen molar-refractivity contribution in [1.29, 1.82) is 0 Å². The van der Waals surface area contributed by atoms with Gasteiger partial charge in [-0.1, -0.05) is 33.1 Å². The number of halogens is 1. The van der Waals surface area contributed by atoms with Crippen LogP contribution in [-0.4, -0.2) is 38.5 Å². The molecular weight excluding hydrogens is 391 g/mol. The molecule has 1 aliphatic carbocycles. The van der Waals surface area contributed by atoms with Crippen molar-refractivity contribution in [2.45, 2.75) is 52.4 Å². The Morgan fingerprint density at radius 3 is 2.23 bits per heavy atom. The highest BCUT2D eigenvalue weighted by atomic mass is 127. The maximum atomic E-state index is 12.0. The molecule has 3 N–H and O–H groups in total. The van der Waals surface area contributed by atoms with Gasteiger partial charge in [0.2, 0.25) is 5.91 Å². The third kappa shape index (κ3) is 9.48. The molecule has 0 atom stereocenters. The Morgan fingerprint density at radius 2 is 1.64 bits per heavy atom. The average molecular weight is 424 g/mol. The Balaban J connectivity index is 0.00000441. The van der Waals surface area contributed by atoms with Gasteiger partial charge in [-0.25, -0.2) is 0 Å². The lowest BCUT2D eigenvalue weighted by atomic mass is 9.89. The number of hydrogen-bond acceptors (Lipinski definition) is 2. The summed E-state index contributed by atoms with van der Waals surface area (Å²) in [6.45, 7) is 6.70. The van der Waals surface area contributed by atoms with E-state index in [0.717, 1.165) is 31.8 Å². The molecule has 0 radical (unpaired) electrons. The maximum Gasteiger partial charge on any atom is 0.223 e. The number of amides is 1. The van der Waals surface area contributed by atoms with Gasteiger partial charge in [0.25, 0.3) is 0 Å². The molecular formula is C16H33IN4O. The Bertz CT molecular complexity index is 328. The second-order valence-corrected chi connectivity index (χ2v) is 6.23. The summed E-state index contributed by atoms with van der Waals surface area (Å²) in [4.78, 5) is 16.1. The van der Waals surface area contributed by atoms with Crippen molar-refractivity contribution in [3.8, 4) is 0 Å². The van der Waals surface area contributed by atoms with Crippen LogP contribution in [0.15, 0.2) is 4.99 Å². The van der Waals surface area contributed by atoms with Crippen LogP contribution in [0.2, 0.25) is 0 Å². The zero-order valence-corrected chi connectivity index (χ0v) is 16.6. The predicted octanol–water partition coefficient (Wildman–Crippen LogP) is 2.51. The highest BCUT2D eigenvalue weighted by molar-refractivity contribution is 14.0. The fourth-order valence-corrected chi connectivity index (χ4v) is 2.58. The predicted molar refractivity (Wildman–Crippen MR) is 104 cm³/mol. The molecule has 1 fully saturated rings. The van der Waals surface area contributed by atoms with Crippen molar-refractivity contribution in [2.75, 3.05) is 26.7 Å². The normalized spacial score (nSPS) is 16.1. The van der Waals surface area contributed by atoms with Gasteiger partial charge in [0.1, 0.15) is 0 Å². The summed E-state index contributed by atoms with van der Waals surface area (Å²) in [5, 5.41) is 9.53. The lowest BCUT2D eigenvalue weighted by Crippen LogP contribution is -2.43. The molecule has 0 saturated heterocycles. The molecule has 0 spiro atoms. The third-order valence-corrected chi connectivity index (χ3v) is 3.93. The number of nitrogens with one attached hydrogen (secondary N) is 3. The fraction of sp³-hybridized carbons (Fsp3) is 0.875. The van der Waals surface area contributed by atoms with Gasteiger partial charge >= 0.3 is 0 Å². The van der Waals surface area contributed by atoms with Crippen LogP contribution in [0, 0.1) is 11.8 Å². The van der Waals surface area contributed by atoms with E-state index in [9.17, 15) is 4.79 Å². The van der Waals surface area contributed by atoms with Crippen LogP contribution in [0.4, 0.5) is 0 Å². The highest BCUT2D eigenvalue weighted by Crippen LogP contribution is 2.23. The molecule has 0 aromatic rings. The lowest BCUT2D eigenvalue weighted by molar-refractivity contribution is -0.125. The zero-order valence-electron chi connectivity index (χ0n) is 14.3. The summed E-state index contributed by atoms with van der Waals surface area (Å²) in [7, 11) is 1.77. The first-order chi connectivity index (χ1) is 10.1. The zero-order chi connectivity index (χ0) is 15.5. The summed E-state index contributed by atoms with van der Waals surface area (Å²) < 4.78 is 0. The van der Waals surface area contributed by atoms with Crippen molar-refractivity contribution >= 4 is 35.8 Å². The molecule has 5 nitrogen and oxygen atoms in total. The first-order valence-corrected chi connectivity index (χ1v) is 8.35. The minimum atomic E-state index is 0. The molecule has 1 rings (SSSR count). The minimum Gasteiger partial charge on any atom is -0.356 e. The van der Waals surface area contributed by atoms with Crippen LogP contribution in [0.3, 0.4) is 0 Å². The minimum absolute atomic E-state index is 0. The van der Waals surface area contributed by atoms with E-state index in [4.69, 9.17) is 0 Å². The number of rotatable bonds is 7. The SMILES string of the molecule is CN=C(NCCNC(=O)C1CCCCC1)NCCC(C)C.I. The van der Waals surface area contributed by atoms with Crippen molar-refractivity contribution in [3.63, 3.8) is 0 Å². The number of guanidine groups is 1. The van der Waals surface area contributed by atoms with Crippen LogP contribution in [0.5, 0.6) is 0 Å². The topological polar surface area (TPSA) is 65.5 Å². The largest absolute Gasteiger partial charge is 0.356 e. The van der Waals surface area contributed by atoms with Gasteiger partial charge in [0, 0.05) is 32.6 Å². The van der Waals surface area contributed by atoms with Crippen LogP contribution in [0.25, 0.3) is 0 Å². The van der Waals surface area contributed by atoms with E-state index < -0.39 is 0 Å². The first-order valence-electron chi connectivity index (χ1n) is 8.35. The van der Waals surface area contributed by atoms with Crippen molar-refractivity contribution in [2.24, 2.45) is 16.8 Å². The molecule has 0 aliphatic heterocycles. The molecule has 1 saturated carbocycles. The first kappa shape index (κ1) is 21.5. The van der Waals surface area contributed by atoms with Gasteiger partial charge in [-0.3, -0.25) is 9.79 Å². The summed E-state index contributed by atoms with van der Waals surface area (Å²) in [6.07, 6.45) is 6.91. The lowest BCUT2D eigenvalue weighted by Gasteiger charge is -2.21. The molecule has 22 heavy (non-hydrogen) atoms. The smallest absolute Gasteiger partial charge is 0.223 e. The molecule has 0 aromatic heterocycles.